The number of nitrogens with zero attached hydrogens (tertiary/aromatic N) is 1. The molecule has 0 aromatic heterocycles. The van der Waals surface area contributed by atoms with E-state index in [1.165, 1.54) is 0 Å². The number of ether oxygens (including phenoxy) is 1. The van der Waals surface area contributed by atoms with Crippen LogP contribution in [0.2, 0.25) is 0 Å². The fourth-order valence-corrected chi connectivity index (χ4v) is 2.05. The lowest BCUT2D eigenvalue weighted by Gasteiger charge is -2.31. The summed E-state index contributed by atoms with van der Waals surface area (Å²) in [5.74, 6) is 0. The van der Waals surface area contributed by atoms with Crippen molar-refractivity contribution in [1.82, 2.24) is 4.90 Å². The molecule has 2 atom stereocenters. The second-order valence-electron chi connectivity index (χ2n) is 4.62. The van der Waals surface area contributed by atoms with Gasteiger partial charge in [0.05, 0.1) is 19.3 Å². The monoisotopic (exact) mass is 254 g/mol. The number of aliphatic hydroxyl groups is 1. The van der Waals surface area contributed by atoms with E-state index in [4.69, 9.17) is 10.5 Å². The molecule has 1 aliphatic rings. The minimum absolute atomic E-state index is 0.254. The number of rotatable bonds is 6. The van der Waals surface area contributed by atoms with Crippen LogP contribution in [-0.2, 0) is 4.74 Å². The minimum atomic E-state index is -0.597. The van der Waals surface area contributed by atoms with Crippen molar-refractivity contribution in [2.75, 3.05) is 32.8 Å². The predicted octanol–water partition coefficient (Wildman–Crippen LogP) is 0.919. The molecule has 0 bridgehead atoms. The summed E-state index contributed by atoms with van der Waals surface area (Å²) in [6.07, 6.45) is 6.29. The normalized spacial score (nSPS) is 22.3. The van der Waals surface area contributed by atoms with Crippen LogP contribution in [0.15, 0.2) is 23.8 Å². The topological polar surface area (TPSA) is 58.7 Å². The van der Waals surface area contributed by atoms with Crippen molar-refractivity contribution in [2.45, 2.75) is 32.4 Å². The van der Waals surface area contributed by atoms with E-state index in [2.05, 4.69) is 11.8 Å². The largest absolute Gasteiger partial charge is 0.387 e. The van der Waals surface area contributed by atoms with Crippen LogP contribution in [0.3, 0.4) is 0 Å². The van der Waals surface area contributed by atoms with Crippen LogP contribution >= 0.6 is 0 Å². The van der Waals surface area contributed by atoms with E-state index < -0.39 is 6.10 Å². The van der Waals surface area contributed by atoms with Crippen molar-refractivity contribution >= 4 is 0 Å². The Balaban J connectivity index is 2.48. The van der Waals surface area contributed by atoms with Crippen molar-refractivity contribution in [3.63, 3.8) is 0 Å². The van der Waals surface area contributed by atoms with E-state index >= 15 is 0 Å². The third-order valence-corrected chi connectivity index (χ3v) is 3.20. The SMILES string of the molecule is C/C=C(\C=C/CC)[C@@H](O)[C@H](N)CN1CCOCC1. The zero-order chi connectivity index (χ0) is 13.4. The molecule has 0 aliphatic carbocycles. The second-order valence-corrected chi connectivity index (χ2v) is 4.62. The van der Waals surface area contributed by atoms with Gasteiger partial charge in [-0.3, -0.25) is 4.90 Å². The third-order valence-electron chi connectivity index (χ3n) is 3.20. The first-order valence-electron chi connectivity index (χ1n) is 6.75. The van der Waals surface area contributed by atoms with Crippen LogP contribution in [-0.4, -0.2) is 55.0 Å². The number of allylic oxidation sites excluding steroid dienone is 2. The first-order valence-corrected chi connectivity index (χ1v) is 6.75. The molecule has 1 fully saturated rings. The van der Waals surface area contributed by atoms with Gasteiger partial charge in [-0.2, -0.15) is 0 Å². The molecule has 0 spiro atoms. The number of morpholine rings is 1. The maximum atomic E-state index is 10.2. The summed E-state index contributed by atoms with van der Waals surface area (Å²) in [5.41, 5.74) is 6.99. The van der Waals surface area contributed by atoms with Crippen molar-refractivity contribution in [2.24, 2.45) is 5.73 Å². The number of hydrogen-bond acceptors (Lipinski definition) is 4. The highest BCUT2D eigenvalue weighted by Crippen LogP contribution is 2.10. The summed E-state index contributed by atoms with van der Waals surface area (Å²) < 4.78 is 5.30. The van der Waals surface area contributed by atoms with Gasteiger partial charge in [-0.25, -0.2) is 0 Å². The van der Waals surface area contributed by atoms with E-state index in [1.807, 2.05) is 25.2 Å². The van der Waals surface area contributed by atoms with E-state index in [0.717, 1.165) is 38.3 Å². The molecule has 1 rings (SSSR count). The van der Waals surface area contributed by atoms with E-state index in [9.17, 15) is 5.11 Å². The lowest BCUT2D eigenvalue weighted by atomic mass is 10.0. The summed E-state index contributed by atoms with van der Waals surface area (Å²) in [7, 11) is 0. The summed E-state index contributed by atoms with van der Waals surface area (Å²) >= 11 is 0. The highest BCUT2D eigenvalue weighted by Gasteiger charge is 2.21. The molecule has 4 nitrogen and oxygen atoms in total. The van der Waals surface area contributed by atoms with Crippen molar-refractivity contribution in [3.8, 4) is 0 Å². The summed E-state index contributed by atoms with van der Waals surface area (Å²) in [5, 5.41) is 10.2. The van der Waals surface area contributed by atoms with E-state index in [1.54, 1.807) is 0 Å². The molecule has 0 radical (unpaired) electrons. The molecule has 1 heterocycles. The van der Waals surface area contributed by atoms with Gasteiger partial charge in [-0.1, -0.05) is 25.2 Å². The maximum Gasteiger partial charge on any atom is 0.0950 e. The molecule has 0 amide bonds. The Bertz CT molecular complexity index is 284. The Labute approximate surface area is 110 Å². The molecule has 0 aromatic carbocycles. The van der Waals surface area contributed by atoms with Crippen molar-refractivity contribution in [1.29, 1.82) is 0 Å². The number of hydrogen-bond donors (Lipinski definition) is 2. The van der Waals surface area contributed by atoms with Gasteiger partial charge in [0.15, 0.2) is 0 Å². The van der Waals surface area contributed by atoms with Crippen LogP contribution in [0.5, 0.6) is 0 Å². The van der Waals surface area contributed by atoms with Crippen LogP contribution in [0.25, 0.3) is 0 Å². The quantitative estimate of drug-likeness (QED) is 0.692. The molecule has 104 valence electrons. The fourth-order valence-electron chi connectivity index (χ4n) is 2.05. The molecule has 0 aromatic rings. The van der Waals surface area contributed by atoms with Gasteiger partial charge >= 0.3 is 0 Å². The first-order chi connectivity index (χ1) is 8.69. The molecule has 1 aliphatic heterocycles. The highest BCUT2D eigenvalue weighted by atomic mass is 16.5. The smallest absolute Gasteiger partial charge is 0.0950 e. The van der Waals surface area contributed by atoms with E-state index in [-0.39, 0.29) is 6.04 Å². The minimum Gasteiger partial charge on any atom is -0.387 e. The van der Waals surface area contributed by atoms with Crippen LogP contribution < -0.4 is 5.73 Å². The van der Waals surface area contributed by atoms with Crippen LogP contribution in [0.1, 0.15) is 20.3 Å². The Morgan fingerprint density at radius 1 is 1.44 bits per heavy atom. The summed E-state index contributed by atoms with van der Waals surface area (Å²) in [6, 6.07) is -0.254. The third kappa shape index (κ3) is 4.90. The zero-order valence-electron chi connectivity index (χ0n) is 11.5. The Morgan fingerprint density at radius 2 is 2.11 bits per heavy atom. The first kappa shape index (κ1) is 15.4. The zero-order valence-corrected chi connectivity index (χ0v) is 11.5. The average molecular weight is 254 g/mol. The molecular weight excluding hydrogens is 228 g/mol. The molecule has 3 N–H and O–H groups in total. The van der Waals surface area contributed by atoms with Crippen LogP contribution in [0, 0.1) is 0 Å². The van der Waals surface area contributed by atoms with E-state index in [0.29, 0.717) is 6.54 Å². The molecule has 0 unspecified atom stereocenters. The molecule has 4 heteroatoms. The van der Waals surface area contributed by atoms with Crippen molar-refractivity contribution in [3.05, 3.63) is 23.8 Å². The van der Waals surface area contributed by atoms with Gasteiger partial charge in [-0.15, -0.1) is 0 Å². The fraction of sp³-hybridized carbons (Fsp3) is 0.714. The highest BCUT2D eigenvalue weighted by molar-refractivity contribution is 5.24. The Morgan fingerprint density at radius 3 is 2.67 bits per heavy atom. The van der Waals surface area contributed by atoms with Gasteiger partial charge < -0.3 is 15.6 Å². The maximum absolute atomic E-state index is 10.2. The molecular formula is C14H26N2O2. The summed E-state index contributed by atoms with van der Waals surface area (Å²) in [4.78, 5) is 2.24. The standard InChI is InChI=1S/C14H26N2O2/c1-3-5-6-12(4-2)14(17)13(15)11-16-7-9-18-10-8-16/h4-6,13-14,17H,3,7-11,15H2,1-2H3/b6-5-,12-4+/t13-,14-/m1/s1. The average Bonchev–Trinajstić information content (AvgIpc) is 2.40. The van der Waals surface area contributed by atoms with Crippen LogP contribution in [0.4, 0.5) is 0 Å². The molecule has 1 saturated heterocycles. The second kappa shape index (κ2) is 8.43. The molecule has 18 heavy (non-hydrogen) atoms. The van der Waals surface area contributed by atoms with Gasteiger partial charge in [0.2, 0.25) is 0 Å². The lowest BCUT2D eigenvalue weighted by molar-refractivity contribution is 0.0283. The Kier molecular flexibility index (Phi) is 7.20. The predicted molar refractivity (Wildman–Crippen MR) is 74.4 cm³/mol. The van der Waals surface area contributed by atoms with Crippen molar-refractivity contribution < 1.29 is 9.84 Å². The number of aliphatic hydroxyl groups excluding tert-OH is 1. The van der Waals surface area contributed by atoms with Gasteiger partial charge in [0.1, 0.15) is 0 Å². The number of nitrogens with two attached hydrogens (primary N) is 1. The summed E-state index contributed by atoms with van der Waals surface area (Å²) in [6.45, 7) is 8.03. The van der Waals surface area contributed by atoms with Gasteiger partial charge in [-0.05, 0) is 18.9 Å². The van der Waals surface area contributed by atoms with Gasteiger partial charge in [0.25, 0.3) is 0 Å². The Hall–Kier alpha value is -0.680. The van der Waals surface area contributed by atoms with Gasteiger partial charge in [0, 0.05) is 25.7 Å². The molecule has 0 saturated carbocycles. The lowest BCUT2D eigenvalue weighted by Crippen LogP contribution is -2.48.